The minimum Gasteiger partial charge on any atom is -0.480 e. The summed E-state index contributed by atoms with van der Waals surface area (Å²) in [6, 6.07) is 1.53. The molecule has 282 valence electrons. The average Bonchev–Trinajstić information content (AvgIpc) is 3.47. The maximum Gasteiger partial charge on any atom is 0.349 e. The summed E-state index contributed by atoms with van der Waals surface area (Å²) < 4.78 is 5.74. The number of aliphatic carboxylic acids is 1. The number of allylic oxidation sites excluding steroid dienone is 2. The van der Waals surface area contributed by atoms with Crippen molar-refractivity contribution < 1.29 is 33.5 Å². The number of rotatable bonds is 17. The Hall–Kier alpha value is -4.48. The molecule has 4 N–H and O–H groups in total. The second-order valence-corrected chi connectivity index (χ2v) is 14.7. The fraction of sp³-hybridized carbons (Fsp3) is 0.600. The molecular weight excluding hydrogens is 664 g/mol. The Kier molecular flexibility index (Phi) is 13.3. The van der Waals surface area contributed by atoms with Gasteiger partial charge in [0.15, 0.2) is 0 Å². The predicted octanol–water partition coefficient (Wildman–Crippen LogP) is 4.83. The zero-order chi connectivity index (χ0) is 37.4. The van der Waals surface area contributed by atoms with Gasteiger partial charge in [-0.1, -0.05) is 39.3 Å². The van der Waals surface area contributed by atoms with Crippen LogP contribution in [-0.4, -0.2) is 66.3 Å². The molecular formula is C40H54N4O8. The number of carboxylic acid groups (broad SMARTS) is 1. The molecule has 5 atom stereocenters. The highest BCUT2D eigenvalue weighted by molar-refractivity contribution is 5.98. The molecule has 1 aromatic carbocycles. The van der Waals surface area contributed by atoms with Crippen molar-refractivity contribution >= 4 is 46.1 Å². The zero-order valence-electron chi connectivity index (χ0n) is 30.8. The first kappa shape index (κ1) is 38.7. The number of nitrogens with one attached hydrogen (secondary N) is 3. The summed E-state index contributed by atoms with van der Waals surface area (Å²) in [5, 5.41) is 18.8. The lowest BCUT2D eigenvalue weighted by molar-refractivity contribution is -0.142. The maximum absolute atomic E-state index is 13.4. The molecule has 2 aliphatic heterocycles. The molecule has 0 bridgehead atoms. The van der Waals surface area contributed by atoms with E-state index < -0.39 is 35.5 Å². The highest BCUT2D eigenvalue weighted by atomic mass is 16.4. The number of unbranched alkanes of at least 4 members (excludes halogenated alkanes) is 1. The van der Waals surface area contributed by atoms with E-state index in [4.69, 9.17) is 4.42 Å². The van der Waals surface area contributed by atoms with E-state index in [0.717, 1.165) is 56.1 Å². The molecule has 1 aromatic heterocycles. The van der Waals surface area contributed by atoms with Gasteiger partial charge in [0.05, 0.1) is 0 Å². The van der Waals surface area contributed by atoms with Gasteiger partial charge in [-0.05, 0) is 93.7 Å². The normalized spacial score (nSPS) is 20.0. The van der Waals surface area contributed by atoms with Crippen LogP contribution in [-0.2, 0) is 32.0 Å². The van der Waals surface area contributed by atoms with Crippen molar-refractivity contribution in [2.45, 2.75) is 116 Å². The van der Waals surface area contributed by atoms with Crippen LogP contribution in [0.1, 0.15) is 113 Å². The standard InChI is InChI=1S/C40H54N4O8/c1-4-6-7-13-28-25(16-17-32(28)45)23-33(46)43-34(24(3)5-2)38(48)42-31(39(49)50)15-8-9-18-41-37(47)30-22-27-21-26-12-10-19-44-20-11-14-29(35(26)44)36(27)52-40(30)51/h6-7,21-22,24-25,28,31,34H,4-5,8-20,23H2,1-3H3,(H,41,47)(H,42,48)(H,43,46)(H,49,50)/b7-6+/t24-,25?,28?,31-,34-/m0/s1. The van der Waals surface area contributed by atoms with Crippen LogP contribution >= 0.6 is 0 Å². The van der Waals surface area contributed by atoms with Crippen molar-refractivity contribution in [2.24, 2.45) is 17.8 Å². The molecule has 52 heavy (non-hydrogen) atoms. The summed E-state index contributed by atoms with van der Waals surface area (Å²) in [6.45, 7) is 7.94. The van der Waals surface area contributed by atoms with Crippen LogP contribution in [0.3, 0.4) is 0 Å². The van der Waals surface area contributed by atoms with Crippen molar-refractivity contribution in [1.29, 1.82) is 0 Å². The number of Topliss-reactive ketones (excluding diaryl/α,β-unsaturated/α-hetero) is 1. The lowest BCUT2D eigenvalue weighted by Gasteiger charge is -2.37. The van der Waals surface area contributed by atoms with E-state index in [-0.39, 0.29) is 54.4 Å². The largest absolute Gasteiger partial charge is 0.480 e. The van der Waals surface area contributed by atoms with Gasteiger partial charge in [0.2, 0.25) is 11.8 Å². The summed E-state index contributed by atoms with van der Waals surface area (Å²) in [6.07, 6.45) is 12.0. The number of amides is 3. The third-order valence-corrected chi connectivity index (χ3v) is 11.1. The topological polar surface area (TPSA) is 175 Å². The number of fused-ring (bicyclic) bond motifs is 2. The number of aryl methyl sites for hydroxylation is 2. The molecule has 12 heteroatoms. The van der Waals surface area contributed by atoms with Gasteiger partial charge >= 0.3 is 11.6 Å². The van der Waals surface area contributed by atoms with Crippen molar-refractivity contribution in [1.82, 2.24) is 16.0 Å². The number of carbonyl (C=O) groups is 5. The average molecular weight is 719 g/mol. The maximum atomic E-state index is 13.4. The van der Waals surface area contributed by atoms with Crippen LogP contribution in [0.5, 0.6) is 0 Å². The quantitative estimate of drug-likeness (QED) is 0.101. The Labute approximate surface area is 305 Å². The van der Waals surface area contributed by atoms with Gasteiger partial charge in [0.1, 0.15) is 29.0 Å². The molecule has 3 aliphatic rings. The first-order chi connectivity index (χ1) is 25.0. The van der Waals surface area contributed by atoms with E-state index in [1.54, 1.807) is 6.07 Å². The molecule has 2 unspecified atom stereocenters. The number of anilines is 1. The number of benzene rings is 1. The van der Waals surface area contributed by atoms with Gasteiger partial charge in [-0.15, -0.1) is 0 Å². The smallest absolute Gasteiger partial charge is 0.349 e. The summed E-state index contributed by atoms with van der Waals surface area (Å²) in [4.78, 5) is 79.4. The van der Waals surface area contributed by atoms with Crippen LogP contribution in [0.2, 0.25) is 0 Å². The van der Waals surface area contributed by atoms with E-state index in [0.29, 0.717) is 44.1 Å². The molecule has 3 heterocycles. The molecule has 1 saturated carbocycles. The van der Waals surface area contributed by atoms with Crippen LogP contribution < -0.4 is 26.5 Å². The fourth-order valence-corrected chi connectivity index (χ4v) is 8.02. The molecule has 0 radical (unpaired) electrons. The first-order valence-corrected chi connectivity index (χ1v) is 19.2. The third kappa shape index (κ3) is 9.11. The lowest BCUT2D eigenvalue weighted by atomic mass is 9.88. The van der Waals surface area contributed by atoms with Gasteiger partial charge in [-0.3, -0.25) is 19.2 Å². The van der Waals surface area contributed by atoms with E-state index >= 15 is 0 Å². The molecule has 12 nitrogen and oxygen atoms in total. The summed E-state index contributed by atoms with van der Waals surface area (Å²) in [7, 11) is 0. The summed E-state index contributed by atoms with van der Waals surface area (Å²) >= 11 is 0. The Morgan fingerprint density at radius 1 is 1.02 bits per heavy atom. The summed E-state index contributed by atoms with van der Waals surface area (Å²) in [5.41, 5.74) is 3.25. The Morgan fingerprint density at radius 3 is 2.52 bits per heavy atom. The van der Waals surface area contributed by atoms with E-state index in [1.165, 1.54) is 11.3 Å². The molecule has 5 rings (SSSR count). The van der Waals surface area contributed by atoms with Crippen LogP contribution in [0, 0.1) is 17.8 Å². The van der Waals surface area contributed by atoms with Crippen molar-refractivity contribution in [3.8, 4) is 0 Å². The number of nitrogens with zero attached hydrogens (tertiary/aromatic N) is 1. The van der Waals surface area contributed by atoms with Gasteiger partial charge < -0.3 is 30.4 Å². The number of hydrogen-bond donors (Lipinski definition) is 4. The second-order valence-electron chi connectivity index (χ2n) is 14.7. The van der Waals surface area contributed by atoms with Crippen LogP contribution in [0.25, 0.3) is 11.0 Å². The fourth-order valence-electron chi connectivity index (χ4n) is 8.02. The van der Waals surface area contributed by atoms with Gasteiger partial charge in [-0.2, -0.15) is 0 Å². The third-order valence-electron chi connectivity index (χ3n) is 11.1. The Balaban J connectivity index is 1.12. The van der Waals surface area contributed by atoms with Crippen molar-refractivity contribution in [3.63, 3.8) is 0 Å². The number of ketones is 1. The zero-order valence-corrected chi connectivity index (χ0v) is 30.8. The van der Waals surface area contributed by atoms with E-state index in [1.807, 2.05) is 39.0 Å². The van der Waals surface area contributed by atoms with Crippen molar-refractivity contribution in [2.75, 3.05) is 24.5 Å². The SMILES string of the molecule is CC/C=C/CC1C(=O)CCC1CC(=O)N[C@H](C(=O)N[C@@H](CCCCNC(=O)c1cc2cc3c4c(c2oc1=O)CCCN4CCC3)C(=O)O)[C@@H](C)CC. The second kappa shape index (κ2) is 17.8. The summed E-state index contributed by atoms with van der Waals surface area (Å²) in [5.74, 6) is -3.04. The predicted molar refractivity (Wildman–Crippen MR) is 198 cm³/mol. The first-order valence-electron chi connectivity index (χ1n) is 19.2. The Bertz CT molecular complexity index is 1750. The van der Waals surface area contributed by atoms with Gasteiger partial charge in [0.25, 0.3) is 5.91 Å². The minimum absolute atomic E-state index is 0.0692. The van der Waals surface area contributed by atoms with Gasteiger partial charge in [-0.25, -0.2) is 9.59 Å². The van der Waals surface area contributed by atoms with Crippen LogP contribution in [0.4, 0.5) is 5.69 Å². The molecule has 0 spiro atoms. The van der Waals surface area contributed by atoms with Crippen LogP contribution in [0.15, 0.2) is 33.5 Å². The Morgan fingerprint density at radius 2 is 1.79 bits per heavy atom. The minimum atomic E-state index is -1.20. The highest BCUT2D eigenvalue weighted by Crippen LogP contribution is 2.40. The van der Waals surface area contributed by atoms with Gasteiger partial charge in [0, 0.05) is 55.0 Å². The number of carboxylic acids is 1. The lowest BCUT2D eigenvalue weighted by Crippen LogP contribution is -2.54. The highest BCUT2D eigenvalue weighted by Gasteiger charge is 2.36. The molecule has 1 fully saturated rings. The van der Waals surface area contributed by atoms with E-state index in [2.05, 4.69) is 20.9 Å². The molecule has 1 aliphatic carbocycles. The van der Waals surface area contributed by atoms with Crippen molar-refractivity contribution in [3.05, 3.63) is 51.4 Å². The molecule has 0 saturated heterocycles. The molecule has 2 aromatic rings. The number of hydrogen-bond acceptors (Lipinski definition) is 8. The molecule has 3 amide bonds. The number of carbonyl (C=O) groups excluding carboxylic acids is 4. The monoisotopic (exact) mass is 718 g/mol. The van der Waals surface area contributed by atoms with E-state index in [9.17, 15) is 33.9 Å².